The third kappa shape index (κ3) is 4.72. The summed E-state index contributed by atoms with van der Waals surface area (Å²) >= 11 is 6.02. The van der Waals surface area contributed by atoms with E-state index in [4.69, 9.17) is 11.6 Å². The number of nitrogens with one attached hydrogen (secondary N) is 2. The number of amides is 1. The molecule has 1 aromatic rings. The smallest absolute Gasteiger partial charge is 0.228 e. The Hall–Kier alpha value is -1.10. The highest BCUT2D eigenvalue weighted by molar-refractivity contribution is 6.30. The lowest BCUT2D eigenvalue weighted by molar-refractivity contribution is -0.139. The Bertz CT molecular complexity index is 676. The predicted octanol–water partition coefficient (Wildman–Crippen LogP) is 4.12. The molecule has 28 heavy (non-hydrogen) atoms. The molecule has 0 aromatic heterocycles. The van der Waals surface area contributed by atoms with Gasteiger partial charge in [-0.15, -0.1) is 0 Å². The van der Waals surface area contributed by atoms with Crippen LogP contribution in [-0.2, 0) is 4.79 Å². The van der Waals surface area contributed by atoms with Crippen molar-refractivity contribution in [1.82, 2.24) is 10.6 Å². The zero-order valence-electron chi connectivity index (χ0n) is 17.6. The normalized spacial score (nSPS) is 26.8. The van der Waals surface area contributed by atoms with Crippen LogP contribution in [0.25, 0.3) is 0 Å². The summed E-state index contributed by atoms with van der Waals surface area (Å²) in [5, 5.41) is 18.5. The van der Waals surface area contributed by atoms with Gasteiger partial charge in [0.2, 0.25) is 5.91 Å². The first-order chi connectivity index (χ1) is 13.1. The summed E-state index contributed by atoms with van der Waals surface area (Å²) in [6.07, 6.45) is 3.58. The van der Waals surface area contributed by atoms with Crippen molar-refractivity contribution in [3.63, 3.8) is 0 Å². The highest BCUT2D eigenvalue weighted by Crippen LogP contribution is 2.39. The van der Waals surface area contributed by atoms with E-state index in [1.54, 1.807) is 0 Å². The molecule has 1 heterocycles. The fourth-order valence-electron chi connectivity index (χ4n) is 4.69. The number of halogens is 1. The standard InChI is InChI=1S/C23H35ClN2O2/c1-22(2)11-9-17(10-12-22)26-21(28)23(3,4)20(27)19-14-25-13-18(19)15-5-7-16(24)8-6-15/h5-8,17-20,25,27H,9-14H2,1-4H3,(H,26,28)/t18-,19+,20?/m0/s1. The van der Waals surface area contributed by atoms with Gasteiger partial charge in [0.15, 0.2) is 0 Å². The number of benzene rings is 1. The average Bonchev–Trinajstić information content (AvgIpc) is 3.13. The van der Waals surface area contributed by atoms with Crippen LogP contribution in [0.4, 0.5) is 0 Å². The van der Waals surface area contributed by atoms with E-state index >= 15 is 0 Å². The van der Waals surface area contributed by atoms with Crippen LogP contribution in [0.3, 0.4) is 0 Å². The van der Waals surface area contributed by atoms with Crippen molar-refractivity contribution in [2.75, 3.05) is 13.1 Å². The molecule has 1 aliphatic heterocycles. The number of carbonyl (C=O) groups excluding carboxylic acids is 1. The summed E-state index contributed by atoms with van der Waals surface area (Å²) in [6, 6.07) is 8.05. The number of aliphatic hydroxyl groups excluding tert-OH is 1. The van der Waals surface area contributed by atoms with E-state index < -0.39 is 11.5 Å². The topological polar surface area (TPSA) is 61.4 Å². The molecule has 2 aliphatic rings. The second kappa shape index (κ2) is 8.33. The second-order valence-electron chi connectivity index (χ2n) is 10.1. The second-order valence-corrected chi connectivity index (χ2v) is 10.5. The summed E-state index contributed by atoms with van der Waals surface area (Å²) in [4.78, 5) is 13.1. The maximum atomic E-state index is 13.1. The van der Waals surface area contributed by atoms with Crippen LogP contribution in [0.1, 0.15) is 64.9 Å². The van der Waals surface area contributed by atoms with Crippen LogP contribution in [0.5, 0.6) is 0 Å². The molecule has 0 bridgehead atoms. The average molecular weight is 407 g/mol. The van der Waals surface area contributed by atoms with E-state index in [2.05, 4.69) is 24.5 Å². The summed E-state index contributed by atoms with van der Waals surface area (Å²) in [5.74, 6) is 0.133. The highest BCUT2D eigenvalue weighted by Gasteiger charge is 2.45. The molecular weight excluding hydrogens is 372 g/mol. The van der Waals surface area contributed by atoms with Crippen LogP contribution in [0.2, 0.25) is 5.02 Å². The van der Waals surface area contributed by atoms with Gasteiger partial charge in [0.25, 0.3) is 0 Å². The predicted molar refractivity (Wildman–Crippen MR) is 115 cm³/mol. The molecule has 156 valence electrons. The van der Waals surface area contributed by atoms with Gasteiger partial charge in [-0.25, -0.2) is 0 Å². The summed E-state index contributed by atoms with van der Waals surface area (Å²) in [7, 11) is 0. The van der Waals surface area contributed by atoms with Crippen LogP contribution in [0.15, 0.2) is 24.3 Å². The minimum absolute atomic E-state index is 0.00721. The maximum absolute atomic E-state index is 13.1. The van der Waals surface area contributed by atoms with Crippen LogP contribution >= 0.6 is 11.6 Å². The van der Waals surface area contributed by atoms with Gasteiger partial charge in [-0.05, 0) is 62.6 Å². The molecule has 1 aliphatic carbocycles. The van der Waals surface area contributed by atoms with E-state index in [0.29, 0.717) is 17.0 Å². The molecule has 1 saturated heterocycles. The maximum Gasteiger partial charge on any atom is 0.228 e. The van der Waals surface area contributed by atoms with Crippen LogP contribution in [-0.4, -0.2) is 36.2 Å². The van der Waals surface area contributed by atoms with E-state index in [-0.39, 0.29) is 23.8 Å². The molecule has 3 N–H and O–H groups in total. The fraction of sp³-hybridized carbons (Fsp3) is 0.696. The van der Waals surface area contributed by atoms with Gasteiger partial charge in [-0.3, -0.25) is 4.79 Å². The van der Waals surface area contributed by atoms with Crippen molar-refractivity contribution in [3.8, 4) is 0 Å². The Morgan fingerprint density at radius 1 is 1.21 bits per heavy atom. The van der Waals surface area contributed by atoms with Crippen molar-refractivity contribution in [3.05, 3.63) is 34.9 Å². The molecule has 3 rings (SSSR count). The first-order valence-corrected chi connectivity index (χ1v) is 10.9. The zero-order valence-corrected chi connectivity index (χ0v) is 18.4. The molecule has 5 heteroatoms. The molecule has 3 atom stereocenters. The summed E-state index contributed by atoms with van der Waals surface area (Å²) < 4.78 is 0. The van der Waals surface area contributed by atoms with Crippen LogP contribution in [0, 0.1) is 16.7 Å². The van der Waals surface area contributed by atoms with Gasteiger partial charge in [0.1, 0.15) is 0 Å². The number of hydrogen-bond acceptors (Lipinski definition) is 3. The van der Waals surface area contributed by atoms with Gasteiger partial charge >= 0.3 is 0 Å². The Labute approximate surface area is 174 Å². The van der Waals surface area contributed by atoms with E-state index in [1.807, 2.05) is 38.1 Å². The molecule has 4 nitrogen and oxygen atoms in total. The lowest BCUT2D eigenvalue weighted by Gasteiger charge is -2.39. The molecule has 0 spiro atoms. The Morgan fingerprint density at radius 3 is 2.43 bits per heavy atom. The van der Waals surface area contributed by atoms with Gasteiger partial charge in [-0.1, -0.05) is 37.6 Å². The first kappa shape index (κ1) is 21.6. The van der Waals surface area contributed by atoms with Crippen molar-refractivity contribution >= 4 is 17.5 Å². The molecule has 2 fully saturated rings. The quantitative estimate of drug-likeness (QED) is 0.689. The Kier molecular flexibility index (Phi) is 6.43. The molecule has 1 aromatic carbocycles. The molecular formula is C23H35ClN2O2. The van der Waals surface area contributed by atoms with Gasteiger partial charge < -0.3 is 15.7 Å². The monoisotopic (exact) mass is 406 g/mol. The fourth-order valence-corrected chi connectivity index (χ4v) is 4.82. The minimum atomic E-state index is -0.839. The largest absolute Gasteiger partial charge is 0.392 e. The number of hydrogen-bond donors (Lipinski definition) is 3. The third-order valence-electron chi connectivity index (χ3n) is 6.96. The van der Waals surface area contributed by atoms with Gasteiger partial charge in [-0.2, -0.15) is 0 Å². The third-order valence-corrected chi connectivity index (χ3v) is 7.22. The van der Waals surface area contributed by atoms with E-state index in [9.17, 15) is 9.90 Å². The highest BCUT2D eigenvalue weighted by atomic mass is 35.5. The number of aliphatic hydroxyl groups is 1. The minimum Gasteiger partial charge on any atom is -0.392 e. The van der Waals surface area contributed by atoms with Crippen molar-refractivity contribution < 1.29 is 9.90 Å². The summed E-state index contributed by atoms with van der Waals surface area (Å²) in [5.41, 5.74) is 0.690. The van der Waals surface area contributed by atoms with Crippen molar-refractivity contribution in [2.45, 2.75) is 71.4 Å². The Balaban J connectivity index is 1.66. The SMILES string of the molecule is CC1(C)CCC(NC(=O)C(C)(C)C(O)[C@@H]2CNC[C@H]2c2ccc(Cl)cc2)CC1. The zero-order chi connectivity index (χ0) is 20.5. The van der Waals surface area contributed by atoms with Gasteiger partial charge in [0.05, 0.1) is 11.5 Å². The summed E-state index contributed by atoms with van der Waals surface area (Å²) in [6.45, 7) is 9.85. The van der Waals surface area contributed by atoms with Crippen molar-refractivity contribution in [1.29, 1.82) is 0 Å². The lowest BCUT2D eigenvalue weighted by Crippen LogP contribution is -2.52. The number of carbonyl (C=O) groups is 1. The van der Waals surface area contributed by atoms with E-state index in [0.717, 1.165) is 37.8 Å². The number of rotatable bonds is 5. The molecule has 1 amide bonds. The molecule has 1 unspecified atom stereocenters. The lowest BCUT2D eigenvalue weighted by atomic mass is 9.72. The van der Waals surface area contributed by atoms with Gasteiger partial charge in [0, 0.05) is 36.0 Å². The van der Waals surface area contributed by atoms with E-state index in [1.165, 1.54) is 0 Å². The Morgan fingerprint density at radius 2 is 1.82 bits per heavy atom. The molecule has 0 radical (unpaired) electrons. The first-order valence-electron chi connectivity index (χ1n) is 10.6. The van der Waals surface area contributed by atoms with Crippen molar-refractivity contribution in [2.24, 2.45) is 16.7 Å². The van der Waals surface area contributed by atoms with Crippen LogP contribution < -0.4 is 10.6 Å². The molecule has 1 saturated carbocycles.